The van der Waals surface area contributed by atoms with Gasteiger partial charge in [-0.2, -0.15) is 0 Å². The summed E-state index contributed by atoms with van der Waals surface area (Å²) in [6.07, 6.45) is 1.15. The molecular formula is C11H20N2OS. The van der Waals surface area contributed by atoms with E-state index in [2.05, 4.69) is 29.5 Å². The smallest absolute Gasteiger partial charge is 0.119 e. The van der Waals surface area contributed by atoms with Crippen molar-refractivity contribution in [3.63, 3.8) is 0 Å². The third-order valence-corrected chi connectivity index (χ3v) is 3.14. The van der Waals surface area contributed by atoms with Crippen LogP contribution in [0.15, 0.2) is 5.38 Å². The molecule has 86 valence electrons. The van der Waals surface area contributed by atoms with E-state index in [9.17, 15) is 0 Å². The van der Waals surface area contributed by atoms with Crippen LogP contribution in [0, 0.1) is 0 Å². The fourth-order valence-corrected chi connectivity index (χ4v) is 1.84. The van der Waals surface area contributed by atoms with Gasteiger partial charge in [-0.1, -0.05) is 6.92 Å². The van der Waals surface area contributed by atoms with Crippen molar-refractivity contribution in [3.05, 3.63) is 16.1 Å². The molecule has 3 nitrogen and oxygen atoms in total. The molecule has 0 spiro atoms. The first-order valence-electron chi connectivity index (χ1n) is 5.50. The summed E-state index contributed by atoms with van der Waals surface area (Å²) in [4.78, 5) is 4.49. The number of hydrogen-bond donors (Lipinski definition) is 1. The molecule has 0 bridgehead atoms. The molecule has 1 N–H and O–H groups in total. The number of ether oxygens (including phenoxy) is 1. The van der Waals surface area contributed by atoms with E-state index in [1.54, 1.807) is 11.3 Å². The van der Waals surface area contributed by atoms with Crippen LogP contribution in [0.5, 0.6) is 0 Å². The molecular weight excluding hydrogens is 208 g/mol. The number of nitrogens with zero attached hydrogens (tertiary/aromatic N) is 1. The summed E-state index contributed by atoms with van der Waals surface area (Å²) in [6, 6.07) is 0.557. The largest absolute Gasteiger partial charge is 0.375 e. The highest BCUT2D eigenvalue weighted by molar-refractivity contribution is 7.09. The fourth-order valence-electron chi connectivity index (χ4n) is 1.11. The van der Waals surface area contributed by atoms with E-state index in [1.165, 1.54) is 0 Å². The fraction of sp³-hybridized carbons (Fsp3) is 0.727. The van der Waals surface area contributed by atoms with Gasteiger partial charge >= 0.3 is 0 Å². The number of hydrogen-bond acceptors (Lipinski definition) is 4. The van der Waals surface area contributed by atoms with Gasteiger partial charge in [-0.15, -0.1) is 11.3 Å². The van der Waals surface area contributed by atoms with Crippen LogP contribution in [-0.4, -0.2) is 17.6 Å². The van der Waals surface area contributed by atoms with Crippen molar-refractivity contribution in [2.45, 2.75) is 46.4 Å². The molecule has 0 radical (unpaired) electrons. The van der Waals surface area contributed by atoms with Crippen LogP contribution >= 0.6 is 11.3 Å². The van der Waals surface area contributed by atoms with Gasteiger partial charge in [0.25, 0.3) is 0 Å². The van der Waals surface area contributed by atoms with Crippen LogP contribution < -0.4 is 5.32 Å². The summed E-state index contributed by atoms with van der Waals surface area (Å²) in [5, 5.41) is 6.59. The summed E-state index contributed by atoms with van der Waals surface area (Å²) < 4.78 is 5.31. The van der Waals surface area contributed by atoms with E-state index >= 15 is 0 Å². The van der Waals surface area contributed by atoms with Crippen LogP contribution in [0.25, 0.3) is 0 Å². The molecule has 4 heteroatoms. The van der Waals surface area contributed by atoms with Gasteiger partial charge in [0.2, 0.25) is 0 Å². The SMILES string of the molecule is CCOCc1nc(CNC(C)CC)cs1. The van der Waals surface area contributed by atoms with Gasteiger partial charge in [0, 0.05) is 24.6 Å². The highest BCUT2D eigenvalue weighted by atomic mass is 32.1. The minimum atomic E-state index is 0.557. The molecule has 0 aromatic carbocycles. The van der Waals surface area contributed by atoms with E-state index in [4.69, 9.17) is 4.74 Å². The van der Waals surface area contributed by atoms with Crippen LogP contribution in [-0.2, 0) is 17.9 Å². The number of nitrogens with one attached hydrogen (secondary N) is 1. The highest BCUT2D eigenvalue weighted by Gasteiger charge is 2.03. The number of thiazole rings is 1. The Kier molecular flexibility index (Phi) is 5.83. The lowest BCUT2D eigenvalue weighted by Crippen LogP contribution is -2.24. The quantitative estimate of drug-likeness (QED) is 0.779. The van der Waals surface area contributed by atoms with Crippen LogP contribution in [0.2, 0.25) is 0 Å². The molecule has 0 aliphatic heterocycles. The van der Waals surface area contributed by atoms with Crippen molar-refractivity contribution in [2.75, 3.05) is 6.61 Å². The van der Waals surface area contributed by atoms with Gasteiger partial charge < -0.3 is 10.1 Å². The third-order valence-electron chi connectivity index (χ3n) is 2.27. The Morgan fingerprint density at radius 1 is 1.53 bits per heavy atom. The van der Waals surface area contributed by atoms with Crippen molar-refractivity contribution in [3.8, 4) is 0 Å². The lowest BCUT2D eigenvalue weighted by molar-refractivity contribution is 0.133. The molecule has 0 aliphatic carbocycles. The van der Waals surface area contributed by atoms with E-state index in [0.717, 1.165) is 30.3 Å². The van der Waals surface area contributed by atoms with Gasteiger partial charge in [-0.05, 0) is 20.3 Å². The highest BCUT2D eigenvalue weighted by Crippen LogP contribution is 2.10. The summed E-state index contributed by atoms with van der Waals surface area (Å²) in [6.45, 7) is 8.62. The maximum Gasteiger partial charge on any atom is 0.119 e. The lowest BCUT2D eigenvalue weighted by Gasteiger charge is -2.08. The minimum Gasteiger partial charge on any atom is -0.375 e. The second-order valence-corrected chi connectivity index (χ2v) is 4.50. The summed E-state index contributed by atoms with van der Waals surface area (Å²) in [7, 11) is 0. The summed E-state index contributed by atoms with van der Waals surface area (Å²) >= 11 is 1.67. The van der Waals surface area contributed by atoms with Crippen molar-refractivity contribution >= 4 is 11.3 Å². The second-order valence-electron chi connectivity index (χ2n) is 3.56. The average molecular weight is 228 g/mol. The standard InChI is InChI=1S/C11H20N2OS/c1-4-9(3)12-6-10-8-15-11(13-10)7-14-5-2/h8-9,12H,4-7H2,1-3H3. The molecule has 0 saturated heterocycles. The van der Waals surface area contributed by atoms with E-state index in [1.807, 2.05) is 6.92 Å². The van der Waals surface area contributed by atoms with Crippen molar-refractivity contribution in [1.29, 1.82) is 0 Å². The molecule has 0 aliphatic rings. The molecule has 1 rings (SSSR count). The van der Waals surface area contributed by atoms with Crippen LogP contribution in [0.4, 0.5) is 0 Å². The van der Waals surface area contributed by atoms with Crippen molar-refractivity contribution in [2.24, 2.45) is 0 Å². The Balaban J connectivity index is 2.32. The zero-order chi connectivity index (χ0) is 11.1. The average Bonchev–Trinajstić information content (AvgIpc) is 2.71. The molecule has 1 heterocycles. The Morgan fingerprint density at radius 2 is 2.33 bits per heavy atom. The Morgan fingerprint density at radius 3 is 3.00 bits per heavy atom. The van der Waals surface area contributed by atoms with Gasteiger partial charge in [-0.3, -0.25) is 0 Å². The van der Waals surface area contributed by atoms with E-state index in [-0.39, 0.29) is 0 Å². The van der Waals surface area contributed by atoms with Crippen LogP contribution in [0.1, 0.15) is 37.9 Å². The Hall–Kier alpha value is -0.450. The molecule has 1 unspecified atom stereocenters. The molecule has 1 aromatic rings. The van der Waals surface area contributed by atoms with Crippen molar-refractivity contribution < 1.29 is 4.74 Å². The van der Waals surface area contributed by atoms with Crippen LogP contribution in [0.3, 0.4) is 0 Å². The molecule has 15 heavy (non-hydrogen) atoms. The molecule has 0 saturated carbocycles. The first kappa shape index (κ1) is 12.6. The molecule has 1 atom stereocenters. The predicted molar refractivity (Wildman–Crippen MR) is 64.0 cm³/mol. The minimum absolute atomic E-state index is 0.557. The van der Waals surface area contributed by atoms with Gasteiger partial charge in [0.05, 0.1) is 12.3 Å². The normalized spacial score (nSPS) is 13.0. The van der Waals surface area contributed by atoms with E-state index < -0.39 is 0 Å². The van der Waals surface area contributed by atoms with Gasteiger partial charge in [0.15, 0.2) is 0 Å². The Labute approximate surface area is 95.9 Å². The van der Waals surface area contributed by atoms with Gasteiger partial charge in [-0.25, -0.2) is 4.98 Å². The predicted octanol–water partition coefficient (Wildman–Crippen LogP) is 2.57. The zero-order valence-corrected chi connectivity index (χ0v) is 10.6. The zero-order valence-electron chi connectivity index (χ0n) is 9.75. The topological polar surface area (TPSA) is 34.1 Å². The van der Waals surface area contributed by atoms with E-state index in [0.29, 0.717) is 12.6 Å². The number of rotatable bonds is 7. The maximum atomic E-state index is 5.31. The molecule has 1 aromatic heterocycles. The maximum absolute atomic E-state index is 5.31. The lowest BCUT2D eigenvalue weighted by atomic mass is 10.2. The summed E-state index contributed by atoms with van der Waals surface area (Å²) in [5.74, 6) is 0. The Bertz CT molecular complexity index is 275. The number of aromatic nitrogens is 1. The first-order chi connectivity index (χ1) is 7.26. The molecule has 0 amide bonds. The van der Waals surface area contributed by atoms with Gasteiger partial charge in [0.1, 0.15) is 5.01 Å². The second kappa shape index (κ2) is 6.93. The first-order valence-corrected chi connectivity index (χ1v) is 6.38. The third kappa shape index (κ3) is 4.73. The van der Waals surface area contributed by atoms with Crippen molar-refractivity contribution in [1.82, 2.24) is 10.3 Å². The molecule has 0 fully saturated rings. The monoisotopic (exact) mass is 228 g/mol. The summed E-state index contributed by atoms with van der Waals surface area (Å²) in [5.41, 5.74) is 1.12.